The zero-order chi connectivity index (χ0) is 18.6. The van der Waals surface area contributed by atoms with Gasteiger partial charge >= 0.3 is 5.82 Å². The highest BCUT2D eigenvalue weighted by atomic mass is 35.5. The van der Waals surface area contributed by atoms with E-state index < -0.39 is 0 Å². The molecule has 0 N–H and O–H groups in total. The van der Waals surface area contributed by atoms with Crippen molar-refractivity contribution in [3.63, 3.8) is 0 Å². The van der Waals surface area contributed by atoms with Gasteiger partial charge in [0.05, 0.1) is 19.0 Å². The number of halogens is 1. The molecule has 0 unspecified atom stereocenters. The van der Waals surface area contributed by atoms with Crippen LogP contribution in [0.25, 0.3) is 0 Å². The van der Waals surface area contributed by atoms with E-state index in [1.165, 1.54) is 0 Å². The van der Waals surface area contributed by atoms with Gasteiger partial charge in [-0.15, -0.1) is 0 Å². The van der Waals surface area contributed by atoms with E-state index >= 15 is 0 Å². The van der Waals surface area contributed by atoms with Crippen molar-refractivity contribution in [2.75, 3.05) is 12.3 Å². The minimum atomic E-state index is 0.280. The van der Waals surface area contributed by atoms with Gasteiger partial charge in [-0.1, -0.05) is 53.1 Å². The van der Waals surface area contributed by atoms with Crippen LogP contribution in [0.5, 0.6) is 0 Å². The van der Waals surface area contributed by atoms with Crippen molar-refractivity contribution in [1.29, 1.82) is 0 Å². The molecule has 1 aromatic rings. The largest absolute Gasteiger partial charge is 0.360 e. The van der Waals surface area contributed by atoms with Crippen LogP contribution < -0.4 is 0 Å². The van der Waals surface area contributed by atoms with Gasteiger partial charge < -0.3 is 0 Å². The summed E-state index contributed by atoms with van der Waals surface area (Å²) in [7, 11) is 0. The van der Waals surface area contributed by atoms with E-state index in [2.05, 4.69) is 56.1 Å². The van der Waals surface area contributed by atoms with Crippen LogP contribution in [0, 0.1) is 5.41 Å². The highest BCUT2D eigenvalue weighted by Gasteiger charge is 2.22. The number of hydrogen-bond donors (Lipinski definition) is 1. The standard InChI is InChI=1S/C17H28ClN3S.C2H6/c1-5-10-21(11-6-2)16-15(18)19-13-14(20-16)7-8-17(3,4)9-12-22;1-2/h10,13H,5-9,11-12H2,1-4H3;1-2H3/p+1. The van der Waals surface area contributed by atoms with Gasteiger partial charge in [0.1, 0.15) is 0 Å². The second-order valence-corrected chi connectivity index (χ2v) is 7.20. The van der Waals surface area contributed by atoms with Gasteiger partial charge in [-0.3, -0.25) is 0 Å². The van der Waals surface area contributed by atoms with Crippen LogP contribution in [-0.4, -0.2) is 33.1 Å². The second-order valence-electron chi connectivity index (χ2n) is 6.40. The number of aromatic nitrogens is 2. The summed E-state index contributed by atoms with van der Waals surface area (Å²) in [5.41, 5.74) is 1.29. The van der Waals surface area contributed by atoms with Gasteiger partial charge in [-0.05, 0) is 41.8 Å². The Hall–Kier alpha value is -0.610. The summed E-state index contributed by atoms with van der Waals surface area (Å²) < 4.78 is 2.12. The molecule has 1 aromatic heterocycles. The average molecular weight is 373 g/mol. The fourth-order valence-electron chi connectivity index (χ4n) is 2.34. The number of hydrogen-bond acceptors (Lipinski definition) is 3. The molecule has 0 spiro atoms. The fourth-order valence-corrected chi connectivity index (χ4v) is 3.15. The summed E-state index contributed by atoms with van der Waals surface area (Å²) in [5, 5.41) is 0.483. The van der Waals surface area contributed by atoms with E-state index in [4.69, 9.17) is 16.6 Å². The Morgan fingerprint density at radius 3 is 2.46 bits per heavy atom. The lowest BCUT2D eigenvalue weighted by Crippen LogP contribution is -2.15. The van der Waals surface area contributed by atoms with E-state index in [1.807, 2.05) is 13.8 Å². The summed E-state index contributed by atoms with van der Waals surface area (Å²) in [4.78, 5) is 9.09. The van der Waals surface area contributed by atoms with Crippen molar-refractivity contribution in [2.24, 2.45) is 5.41 Å². The first kappa shape index (κ1) is 23.4. The van der Waals surface area contributed by atoms with Crippen molar-refractivity contribution in [1.82, 2.24) is 9.97 Å². The number of aryl methyl sites for hydroxylation is 1. The summed E-state index contributed by atoms with van der Waals surface area (Å²) in [5.74, 6) is 1.70. The van der Waals surface area contributed by atoms with Crippen LogP contribution in [-0.2, 0) is 6.42 Å². The number of nitrogens with zero attached hydrogens (tertiary/aromatic N) is 3. The first-order chi connectivity index (χ1) is 11.4. The molecular formula is C19H35ClN3S+. The molecule has 1 rings (SSSR count). The van der Waals surface area contributed by atoms with Crippen LogP contribution in [0.15, 0.2) is 6.20 Å². The molecule has 0 aliphatic rings. The lowest BCUT2D eigenvalue weighted by molar-refractivity contribution is -0.441. The summed E-state index contributed by atoms with van der Waals surface area (Å²) in [6.45, 7) is 13.7. The van der Waals surface area contributed by atoms with Crippen LogP contribution in [0.1, 0.15) is 72.9 Å². The quantitative estimate of drug-likeness (QED) is 0.328. The number of thiol groups is 1. The van der Waals surface area contributed by atoms with E-state index in [0.717, 1.165) is 55.9 Å². The molecule has 0 saturated heterocycles. The third-order valence-electron chi connectivity index (χ3n) is 3.75. The van der Waals surface area contributed by atoms with Gasteiger partial charge in [-0.2, -0.15) is 12.6 Å². The van der Waals surface area contributed by atoms with Crippen molar-refractivity contribution < 1.29 is 4.58 Å². The molecule has 0 radical (unpaired) electrons. The monoisotopic (exact) mass is 372 g/mol. The first-order valence-electron chi connectivity index (χ1n) is 9.15. The molecule has 138 valence electrons. The molecule has 24 heavy (non-hydrogen) atoms. The Kier molecular flexibility index (Phi) is 12.4. The number of rotatable bonds is 9. The van der Waals surface area contributed by atoms with Crippen molar-refractivity contribution in [2.45, 2.75) is 73.6 Å². The van der Waals surface area contributed by atoms with E-state index in [9.17, 15) is 0 Å². The summed E-state index contributed by atoms with van der Waals surface area (Å²) >= 11 is 10.6. The van der Waals surface area contributed by atoms with Gasteiger partial charge in [0.2, 0.25) is 5.15 Å². The molecule has 0 aromatic carbocycles. The Bertz CT molecular complexity index is 501. The lowest BCUT2D eigenvalue weighted by Gasteiger charge is -2.22. The lowest BCUT2D eigenvalue weighted by atomic mass is 9.84. The van der Waals surface area contributed by atoms with Crippen molar-refractivity contribution in [3.05, 3.63) is 17.0 Å². The maximum absolute atomic E-state index is 6.26. The molecule has 5 heteroatoms. The van der Waals surface area contributed by atoms with Crippen LogP contribution >= 0.6 is 24.2 Å². The van der Waals surface area contributed by atoms with E-state index in [0.29, 0.717) is 5.15 Å². The molecule has 0 atom stereocenters. The zero-order valence-corrected chi connectivity index (χ0v) is 17.9. The van der Waals surface area contributed by atoms with Gasteiger partial charge in [0, 0.05) is 6.42 Å². The molecular weight excluding hydrogens is 338 g/mol. The Morgan fingerprint density at radius 2 is 1.92 bits per heavy atom. The van der Waals surface area contributed by atoms with Crippen LogP contribution in [0.4, 0.5) is 5.82 Å². The SMILES string of the molecule is CC.CCC=[N+](CCC)c1nc(CCC(C)(C)CCS)cnc1Cl. The zero-order valence-electron chi connectivity index (χ0n) is 16.3. The Morgan fingerprint density at radius 1 is 1.25 bits per heavy atom. The maximum atomic E-state index is 6.26. The predicted octanol–water partition coefficient (Wildman–Crippen LogP) is 5.97. The second kappa shape index (κ2) is 12.7. The smallest absolute Gasteiger partial charge is 0.233 e. The van der Waals surface area contributed by atoms with E-state index in [1.54, 1.807) is 6.20 Å². The van der Waals surface area contributed by atoms with E-state index in [-0.39, 0.29) is 5.41 Å². The molecule has 3 nitrogen and oxygen atoms in total. The van der Waals surface area contributed by atoms with Crippen LogP contribution in [0.2, 0.25) is 5.15 Å². The third-order valence-corrected chi connectivity index (χ3v) is 4.24. The van der Waals surface area contributed by atoms with Crippen molar-refractivity contribution in [3.8, 4) is 0 Å². The van der Waals surface area contributed by atoms with Gasteiger partial charge in [0.15, 0.2) is 5.69 Å². The van der Waals surface area contributed by atoms with Gasteiger partial charge in [-0.25, -0.2) is 9.56 Å². The Labute approximate surface area is 159 Å². The topological polar surface area (TPSA) is 28.8 Å². The minimum absolute atomic E-state index is 0.280. The van der Waals surface area contributed by atoms with Crippen molar-refractivity contribution >= 4 is 36.3 Å². The maximum Gasteiger partial charge on any atom is 0.360 e. The predicted molar refractivity (Wildman–Crippen MR) is 110 cm³/mol. The summed E-state index contributed by atoms with van der Waals surface area (Å²) in [6.07, 6.45) is 9.05. The molecule has 0 fully saturated rings. The molecule has 0 saturated carbocycles. The Balaban J connectivity index is 0.00000254. The highest BCUT2D eigenvalue weighted by molar-refractivity contribution is 7.80. The van der Waals surface area contributed by atoms with Gasteiger partial charge in [0.25, 0.3) is 0 Å². The molecule has 1 heterocycles. The third kappa shape index (κ3) is 8.48. The highest BCUT2D eigenvalue weighted by Crippen LogP contribution is 2.28. The molecule has 0 aliphatic carbocycles. The molecule has 0 amide bonds. The molecule has 0 aliphatic heterocycles. The molecule has 0 bridgehead atoms. The first-order valence-corrected chi connectivity index (χ1v) is 10.2. The van der Waals surface area contributed by atoms with Crippen LogP contribution in [0.3, 0.4) is 0 Å². The fraction of sp³-hybridized carbons (Fsp3) is 0.737. The normalized spacial score (nSPS) is 11.9. The summed E-state index contributed by atoms with van der Waals surface area (Å²) in [6, 6.07) is 0. The average Bonchev–Trinajstić information content (AvgIpc) is 2.56. The minimum Gasteiger partial charge on any atom is -0.233 e.